The number of nitro groups is 1. The van der Waals surface area contributed by atoms with Crippen LogP contribution < -0.4 is 5.32 Å². The fraction of sp³-hybridized carbons (Fsp3) is 0.615. The summed E-state index contributed by atoms with van der Waals surface area (Å²) in [5.74, 6) is -0.188. The van der Waals surface area contributed by atoms with Gasteiger partial charge in [-0.25, -0.2) is 0 Å². The Morgan fingerprint density at radius 1 is 1.40 bits per heavy atom. The number of hydrogen-bond donors (Lipinski definition) is 1. The van der Waals surface area contributed by atoms with Crippen molar-refractivity contribution in [3.8, 4) is 0 Å². The molecule has 2 atom stereocenters. The van der Waals surface area contributed by atoms with Crippen LogP contribution in [-0.2, 0) is 0 Å². The molecule has 0 bridgehead atoms. The second-order valence-corrected chi connectivity index (χ2v) is 6.29. The molecule has 1 aromatic heterocycles. The van der Waals surface area contributed by atoms with Gasteiger partial charge in [-0.15, -0.1) is 0 Å². The molecule has 2 fully saturated rings. The molecule has 2 aliphatic heterocycles. The van der Waals surface area contributed by atoms with E-state index in [4.69, 9.17) is 0 Å². The standard InChI is InChI=1S/C13H17N3O3S/c17-13(9-7-12(16(18)19)20-8-9)14-10-4-6-15-5-2-1-3-11(10)15/h7-8,10-11H,1-6H2,(H,14,17). The highest BCUT2D eigenvalue weighted by Crippen LogP contribution is 2.28. The highest BCUT2D eigenvalue weighted by molar-refractivity contribution is 7.13. The number of hydrogen-bond acceptors (Lipinski definition) is 5. The first-order valence-electron chi connectivity index (χ1n) is 6.93. The lowest BCUT2D eigenvalue weighted by molar-refractivity contribution is -0.380. The molecule has 7 heteroatoms. The fourth-order valence-corrected chi connectivity index (χ4v) is 3.91. The van der Waals surface area contributed by atoms with Crippen molar-refractivity contribution in [3.63, 3.8) is 0 Å². The third kappa shape index (κ3) is 2.55. The molecule has 0 aliphatic carbocycles. The number of rotatable bonds is 3. The van der Waals surface area contributed by atoms with Crippen molar-refractivity contribution in [2.75, 3.05) is 13.1 Å². The van der Waals surface area contributed by atoms with Gasteiger partial charge in [0.25, 0.3) is 5.91 Å². The number of amides is 1. The minimum atomic E-state index is -0.458. The minimum absolute atomic E-state index is 0.0147. The first-order chi connectivity index (χ1) is 9.65. The lowest BCUT2D eigenvalue weighted by Crippen LogP contribution is -2.46. The normalized spacial score (nSPS) is 26.2. The monoisotopic (exact) mass is 295 g/mol. The Hall–Kier alpha value is -1.47. The third-order valence-electron chi connectivity index (χ3n) is 4.20. The average Bonchev–Trinajstić information content (AvgIpc) is 3.06. The van der Waals surface area contributed by atoms with E-state index in [1.807, 2.05) is 0 Å². The smallest absolute Gasteiger partial charge is 0.324 e. The molecule has 3 rings (SSSR count). The van der Waals surface area contributed by atoms with Gasteiger partial charge in [0.1, 0.15) is 0 Å². The van der Waals surface area contributed by atoms with E-state index in [1.165, 1.54) is 18.9 Å². The van der Waals surface area contributed by atoms with Crippen molar-refractivity contribution in [1.82, 2.24) is 10.2 Å². The van der Waals surface area contributed by atoms with Crippen LogP contribution in [-0.4, -0.2) is 40.9 Å². The predicted octanol–water partition coefficient (Wildman–Crippen LogP) is 2.01. The largest absolute Gasteiger partial charge is 0.348 e. The summed E-state index contributed by atoms with van der Waals surface area (Å²) in [6.07, 6.45) is 4.57. The topological polar surface area (TPSA) is 75.5 Å². The molecule has 0 saturated carbocycles. The van der Waals surface area contributed by atoms with Gasteiger partial charge in [0.2, 0.25) is 0 Å². The zero-order chi connectivity index (χ0) is 14.1. The Labute approximate surface area is 120 Å². The Morgan fingerprint density at radius 3 is 3.00 bits per heavy atom. The van der Waals surface area contributed by atoms with Crippen molar-refractivity contribution in [2.45, 2.75) is 37.8 Å². The first-order valence-corrected chi connectivity index (χ1v) is 7.81. The van der Waals surface area contributed by atoms with Crippen LogP contribution >= 0.6 is 11.3 Å². The SMILES string of the molecule is O=C(NC1CCN2CCCCC12)c1csc([N+](=O)[O-])c1. The summed E-state index contributed by atoms with van der Waals surface area (Å²) in [6.45, 7) is 2.17. The third-order valence-corrected chi connectivity index (χ3v) is 5.08. The molecular formula is C13H17N3O3S. The van der Waals surface area contributed by atoms with Gasteiger partial charge in [-0.2, -0.15) is 0 Å². The van der Waals surface area contributed by atoms with Crippen molar-refractivity contribution < 1.29 is 9.72 Å². The summed E-state index contributed by atoms with van der Waals surface area (Å²) in [5.41, 5.74) is 0.399. The van der Waals surface area contributed by atoms with E-state index in [-0.39, 0.29) is 17.0 Å². The summed E-state index contributed by atoms with van der Waals surface area (Å²) in [6, 6.07) is 1.98. The van der Waals surface area contributed by atoms with E-state index in [2.05, 4.69) is 10.2 Å². The maximum atomic E-state index is 12.2. The van der Waals surface area contributed by atoms with Crippen LogP contribution in [0, 0.1) is 10.1 Å². The number of piperidine rings is 1. The summed E-state index contributed by atoms with van der Waals surface area (Å²) < 4.78 is 0. The summed E-state index contributed by atoms with van der Waals surface area (Å²) in [7, 11) is 0. The van der Waals surface area contributed by atoms with Crippen molar-refractivity contribution in [2.24, 2.45) is 0 Å². The molecule has 0 radical (unpaired) electrons. The van der Waals surface area contributed by atoms with E-state index in [9.17, 15) is 14.9 Å². The molecule has 0 spiro atoms. The van der Waals surface area contributed by atoms with Gasteiger partial charge >= 0.3 is 5.00 Å². The molecule has 20 heavy (non-hydrogen) atoms. The van der Waals surface area contributed by atoms with Crippen LogP contribution in [0.3, 0.4) is 0 Å². The molecule has 6 nitrogen and oxygen atoms in total. The van der Waals surface area contributed by atoms with Gasteiger partial charge in [0, 0.05) is 30.1 Å². The van der Waals surface area contributed by atoms with Crippen LogP contribution in [0.1, 0.15) is 36.0 Å². The molecule has 1 amide bonds. The maximum Gasteiger partial charge on any atom is 0.324 e. The lowest BCUT2D eigenvalue weighted by atomic mass is 9.99. The molecule has 1 N–H and O–H groups in total. The maximum absolute atomic E-state index is 12.2. The number of nitrogens with one attached hydrogen (secondary N) is 1. The minimum Gasteiger partial charge on any atom is -0.348 e. The quantitative estimate of drug-likeness (QED) is 0.683. The van der Waals surface area contributed by atoms with Gasteiger partial charge < -0.3 is 5.32 Å². The molecular weight excluding hydrogens is 278 g/mol. The molecule has 108 valence electrons. The molecule has 2 saturated heterocycles. The van der Waals surface area contributed by atoms with E-state index in [0.717, 1.165) is 37.3 Å². The second kappa shape index (κ2) is 5.49. The Balaban J connectivity index is 1.65. The highest BCUT2D eigenvalue weighted by Gasteiger charge is 2.36. The lowest BCUT2D eigenvalue weighted by Gasteiger charge is -2.32. The van der Waals surface area contributed by atoms with E-state index >= 15 is 0 Å². The fourth-order valence-electron chi connectivity index (χ4n) is 3.21. The number of carbonyl (C=O) groups is 1. The average molecular weight is 295 g/mol. The molecule has 0 aromatic carbocycles. The van der Waals surface area contributed by atoms with E-state index < -0.39 is 4.92 Å². The Morgan fingerprint density at radius 2 is 2.25 bits per heavy atom. The van der Waals surface area contributed by atoms with Gasteiger partial charge in [-0.1, -0.05) is 17.8 Å². The summed E-state index contributed by atoms with van der Waals surface area (Å²) in [4.78, 5) is 24.8. The zero-order valence-corrected chi connectivity index (χ0v) is 11.9. The van der Waals surface area contributed by atoms with Crippen molar-refractivity contribution in [3.05, 3.63) is 27.1 Å². The number of fused-ring (bicyclic) bond motifs is 1. The molecule has 2 unspecified atom stereocenters. The van der Waals surface area contributed by atoms with Crippen LogP contribution in [0.25, 0.3) is 0 Å². The van der Waals surface area contributed by atoms with Crippen LogP contribution in [0.5, 0.6) is 0 Å². The zero-order valence-electron chi connectivity index (χ0n) is 11.1. The molecule has 1 aromatic rings. The first kappa shape index (κ1) is 13.5. The number of nitrogens with zero attached hydrogens (tertiary/aromatic N) is 2. The van der Waals surface area contributed by atoms with Crippen LogP contribution in [0.15, 0.2) is 11.4 Å². The second-order valence-electron chi connectivity index (χ2n) is 5.40. The van der Waals surface area contributed by atoms with Gasteiger partial charge in [0.15, 0.2) is 0 Å². The van der Waals surface area contributed by atoms with E-state index in [1.54, 1.807) is 5.38 Å². The van der Waals surface area contributed by atoms with Crippen molar-refractivity contribution >= 4 is 22.2 Å². The Bertz CT molecular complexity index is 531. The summed E-state index contributed by atoms with van der Waals surface area (Å²) >= 11 is 0.996. The van der Waals surface area contributed by atoms with Gasteiger partial charge in [-0.3, -0.25) is 19.8 Å². The van der Waals surface area contributed by atoms with Gasteiger partial charge in [-0.05, 0) is 25.8 Å². The van der Waals surface area contributed by atoms with Crippen molar-refractivity contribution in [1.29, 1.82) is 0 Å². The van der Waals surface area contributed by atoms with Crippen LogP contribution in [0.4, 0.5) is 5.00 Å². The molecule has 2 aliphatic rings. The number of carbonyl (C=O) groups excluding carboxylic acids is 1. The summed E-state index contributed by atoms with van der Waals surface area (Å²) in [5, 5.41) is 15.3. The van der Waals surface area contributed by atoms with Crippen LogP contribution in [0.2, 0.25) is 0 Å². The number of thiophene rings is 1. The Kier molecular flexibility index (Phi) is 3.71. The van der Waals surface area contributed by atoms with E-state index in [0.29, 0.717) is 11.6 Å². The molecule has 3 heterocycles. The predicted molar refractivity (Wildman–Crippen MR) is 76.1 cm³/mol. The highest BCUT2D eigenvalue weighted by atomic mass is 32.1. The van der Waals surface area contributed by atoms with Gasteiger partial charge in [0.05, 0.1) is 10.5 Å².